The number of nitrogens with one attached hydrogen (secondary N) is 1. The van der Waals surface area contributed by atoms with Crippen molar-refractivity contribution in [1.29, 1.82) is 0 Å². The fraction of sp³-hybridized carbons (Fsp3) is 0.0714. The molecular weight excluding hydrogens is 274 g/mol. The Kier molecular flexibility index (Phi) is 3.35. The van der Waals surface area contributed by atoms with Gasteiger partial charge in [0.25, 0.3) is 0 Å². The van der Waals surface area contributed by atoms with E-state index in [1.54, 1.807) is 16.8 Å². The van der Waals surface area contributed by atoms with Crippen LogP contribution >= 0.6 is 11.6 Å². The zero-order valence-corrected chi connectivity index (χ0v) is 11.4. The lowest BCUT2D eigenvalue weighted by Gasteiger charge is -2.07. The maximum absolute atomic E-state index is 5.95. The SMILES string of the molecule is C=Cc1cnc2c(NCc3ccccc3)nc(Cl)nn12. The molecule has 20 heavy (non-hydrogen) atoms. The lowest BCUT2D eigenvalue weighted by molar-refractivity contribution is 0.887. The molecule has 0 bridgehead atoms. The molecule has 2 aromatic heterocycles. The van der Waals surface area contributed by atoms with Gasteiger partial charge in [0.2, 0.25) is 5.28 Å². The minimum absolute atomic E-state index is 0.161. The Balaban J connectivity index is 1.95. The molecule has 3 aromatic rings. The second-order valence-corrected chi connectivity index (χ2v) is 4.53. The van der Waals surface area contributed by atoms with Crippen LogP contribution in [0.3, 0.4) is 0 Å². The fourth-order valence-corrected chi connectivity index (χ4v) is 2.07. The van der Waals surface area contributed by atoms with Gasteiger partial charge in [-0.15, -0.1) is 5.10 Å². The van der Waals surface area contributed by atoms with Gasteiger partial charge in [0, 0.05) is 6.54 Å². The van der Waals surface area contributed by atoms with Gasteiger partial charge < -0.3 is 5.32 Å². The molecule has 0 aliphatic heterocycles. The Hall–Kier alpha value is -2.40. The number of halogens is 1. The predicted molar refractivity (Wildman–Crippen MR) is 79.7 cm³/mol. The van der Waals surface area contributed by atoms with Gasteiger partial charge in [0.1, 0.15) is 0 Å². The van der Waals surface area contributed by atoms with Crippen LogP contribution in [0.15, 0.2) is 43.1 Å². The standard InChI is InChI=1S/C14H12ClN5/c1-2-11-9-17-13-12(18-14(15)19-20(11)13)16-8-10-6-4-3-5-7-10/h2-7,9H,1,8H2,(H,16,18,19). The smallest absolute Gasteiger partial charge is 0.243 e. The summed E-state index contributed by atoms with van der Waals surface area (Å²) in [6, 6.07) is 10.0. The normalized spacial score (nSPS) is 10.7. The lowest BCUT2D eigenvalue weighted by atomic mass is 10.2. The number of nitrogens with zero attached hydrogens (tertiary/aromatic N) is 4. The lowest BCUT2D eigenvalue weighted by Crippen LogP contribution is -2.06. The summed E-state index contributed by atoms with van der Waals surface area (Å²) in [6.45, 7) is 4.36. The van der Waals surface area contributed by atoms with Crippen molar-refractivity contribution < 1.29 is 0 Å². The van der Waals surface area contributed by atoms with E-state index in [1.807, 2.05) is 30.3 Å². The highest BCUT2D eigenvalue weighted by Crippen LogP contribution is 2.17. The summed E-state index contributed by atoms with van der Waals surface area (Å²) in [5.41, 5.74) is 2.54. The van der Waals surface area contributed by atoms with E-state index in [1.165, 1.54) is 0 Å². The average Bonchev–Trinajstić information content (AvgIpc) is 2.88. The van der Waals surface area contributed by atoms with Crippen LogP contribution in [0.2, 0.25) is 5.28 Å². The minimum atomic E-state index is 0.161. The van der Waals surface area contributed by atoms with E-state index >= 15 is 0 Å². The van der Waals surface area contributed by atoms with E-state index in [2.05, 4.69) is 27.0 Å². The Morgan fingerprint density at radius 3 is 2.85 bits per heavy atom. The summed E-state index contributed by atoms with van der Waals surface area (Å²) in [5.74, 6) is 0.599. The van der Waals surface area contributed by atoms with Gasteiger partial charge >= 0.3 is 0 Å². The van der Waals surface area contributed by atoms with Crippen LogP contribution in [0.1, 0.15) is 11.3 Å². The number of rotatable bonds is 4. The average molecular weight is 286 g/mol. The van der Waals surface area contributed by atoms with Gasteiger partial charge in [0.15, 0.2) is 11.5 Å². The Morgan fingerprint density at radius 1 is 1.30 bits per heavy atom. The quantitative estimate of drug-likeness (QED) is 0.800. The molecule has 0 fully saturated rings. The molecule has 6 heteroatoms. The van der Waals surface area contributed by atoms with Crippen LogP contribution in [-0.2, 0) is 6.54 Å². The number of imidazole rings is 1. The van der Waals surface area contributed by atoms with E-state index in [9.17, 15) is 0 Å². The van der Waals surface area contributed by atoms with Crippen molar-refractivity contribution >= 4 is 29.1 Å². The van der Waals surface area contributed by atoms with E-state index in [-0.39, 0.29) is 5.28 Å². The number of hydrogen-bond acceptors (Lipinski definition) is 4. The van der Waals surface area contributed by atoms with Gasteiger partial charge in [-0.1, -0.05) is 36.9 Å². The minimum Gasteiger partial charge on any atom is -0.363 e. The van der Waals surface area contributed by atoms with E-state index in [0.717, 1.165) is 11.3 Å². The van der Waals surface area contributed by atoms with Crippen molar-refractivity contribution in [2.75, 3.05) is 5.32 Å². The zero-order valence-electron chi connectivity index (χ0n) is 10.6. The first-order valence-electron chi connectivity index (χ1n) is 6.09. The van der Waals surface area contributed by atoms with E-state index in [4.69, 9.17) is 11.6 Å². The second kappa shape index (κ2) is 5.30. The molecule has 0 aliphatic carbocycles. The number of fused-ring (bicyclic) bond motifs is 1. The van der Waals surface area contributed by atoms with Gasteiger partial charge in [0.05, 0.1) is 11.9 Å². The number of benzene rings is 1. The highest BCUT2D eigenvalue weighted by Gasteiger charge is 2.10. The van der Waals surface area contributed by atoms with Crippen LogP contribution in [0, 0.1) is 0 Å². The van der Waals surface area contributed by atoms with Crippen LogP contribution in [0.5, 0.6) is 0 Å². The maximum atomic E-state index is 5.95. The first kappa shape index (κ1) is 12.6. The largest absolute Gasteiger partial charge is 0.363 e. The van der Waals surface area contributed by atoms with Crippen LogP contribution < -0.4 is 5.32 Å². The molecule has 100 valence electrons. The first-order valence-corrected chi connectivity index (χ1v) is 6.47. The topological polar surface area (TPSA) is 55.1 Å². The molecule has 3 rings (SSSR count). The molecule has 0 atom stereocenters. The molecular formula is C14H12ClN5. The van der Waals surface area contributed by atoms with Crippen LogP contribution in [0.4, 0.5) is 5.82 Å². The summed E-state index contributed by atoms with van der Waals surface area (Å²) >= 11 is 5.95. The van der Waals surface area contributed by atoms with Crippen molar-refractivity contribution in [1.82, 2.24) is 19.6 Å². The second-order valence-electron chi connectivity index (χ2n) is 4.19. The zero-order chi connectivity index (χ0) is 13.9. The third kappa shape index (κ3) is 2.35. The molecule has 0 saturated heterocycles. The molecule has 0 aliphatic rings. The van der Waals surface area contributed by atoms with Gasteiger partial charge in [-0.25, -0.2) is 9.50 Å². The number of aromatic nitrogens is 4. The summed E-state index contributed by atoms with van der Waals surface area (Å²) in [5, 5.41) is 7.51. The van der Waals surface area contributed by atoms with Crippen LogP contribution in [-0.4, -0.2) is 19.6 Å². The molecule has 0 spiro atoms. The molecule has 2 heterocycles. The summed E-state index contributed by atoms with van der Waals surface area (Å²) < 4.78 is 1.62. The summed E-state index contributed by atoms with van der Waals surface area (Å²) in [7, 11) is 0. The highest BCUT2D eigenvalue weighted by molar-refractivity contribution is 6.28. The van der Waals surface area contributed by atoms with Gasteiger partial charge in [-0.2, -0.15) is 4.98 Å². The number of anilines is 1. The van der Waals surface area contributed by atoms with E-state index in [0.29, 0.717) is 18.0 Å². The molecule has 5 nitrogen and oxygen atoms in total. The van der Waals surface area contributed by atoms with E-state index < -0.39 is 0 Å². The van der Waals surface area contributed by atoms with Crippen LogP contribution in [0.25, 0.3) is 11.7 Å². The molecule has 1 aromatic carbocycles. The van der Waals surface area contributed by atoms with Crippen molar-refractivity contribution in [2.24, 2.45) is 0 Å². The summed E-state index contributed by atoms with van der Waals surface area (Å²) in [6.07, 6.45) is 3.35. The number of hydrogen-bond donors (Lipinski definition) is 1. The van der Waals surface area contributed by atoms with Crippen molar-refractivity contribution in [3.8, 4) is 0 Å². The van der Waals surface area contributed by atoms with Gasteiger partial charge in [-0.05, 0) is 23.2 Å². The van der Waals surface area contributed by atoms with Crippen molar-refractivity contribution in [3.63, 3.8) is 0 Å². The van der Waals surface area contributed by atoms with Gasteiger partial charge in [-0.3, -0.25) is 0 Å². The predicted octanol–water partition coefficient (Wildman–Crippen LogP) is 3.03. The Morgan fingerprint density at radius 2 is 2.10 bits per heavy atom. The molecule has 0 saturated carbocycles. The Labute approximate surface area is 120 Å². The monoisotopic (exact) mass is 285 g/mol. The molecule has 0 radical (unpaired) electrons. The molecule has 1 N–H and O–H groups in total. The Bertz CT molecular complexity index is 751. The third-order valence-electron chi connectivity index (χ3n) is 2.87. The highest BCUT2D eigenvalue weighted by atomic mass is 35.5. The fourth-order valence-electron chi connectivity index (χ4n) is 1.91. The van der Waals surface area contributed by atoms with Crippen molar-refractivity contribution in [2.45, 2.75) is 6.54 Å². The summed E-state index contributed by atoms with van der Waals surface area (Å²) in [4.78, 5) is 8.48. The van der Waals surface area contributed by atoms with Crippen molar-refractivity contribution in [3.05, 3.63) is 59.6 Å². The first-order chi connectivity index (χ1) is 9.78. The molecule has 0 amide bonds. The third-order valence-corrected chi connectivity index (χ3v) is 3.03. The molecule has 0 unspecified atom stereocenters. The maximum Gasteiger partial charge on any atom is 0.243 e.